The van der Waals surface area contributed by atoms with Gasteiger partial charge in [0.15, 0.2) is 0 Å². The fourth-order valence-electron chi connectivity index (χ4n) is 1.51. The maximum absolute atomic E-state index is 12.2. The van der Waals surface area contributed by atoms with Gasteiger partial charge in [-0.05, 0) is 18.1 Å². The molecule has 0 saturated carbocycles. The highest BCUT2D eigenvalue weighted by Gasteiger charge is 2.26. The van der Waals surface area contributed by atoms with Crippen LogP contribution in [0.2, 0.25) is 0 Å². The molecule has 0 bridgehead atoms. The molecule has 0 radical (unpaired) electrons. The zero-order valence-corrected chi connectivity index (χ0v) is 11.2. The maximum Gasteiger partial charge on any atom is 0.276 e. The highest BCUT2D eigenvalue weighted by atomic mass is 32.2. The zero-order chi connectivity index (χ0) is 13.1. The molecule has 0 amide bonds. The van der Waals surface area contributed by atoms with Crippen molar-refractivity contribution in [3.05, 3.63) is 17.9 Å². The highest BCUT2D eigenvalue weighted by Crippen LogP contribution is 2.19. The van der Waals surface area contributed by atoms with Crippen molar-refractivity contribution < 1.29 is 17.9 Å². The fourth-order valence-corrected chi connectivity index (χ4v) is 3.05. The summed E-state index contributed by atoms with van der Waals surface area (Å²) in [7, 11) is -3.58. The lowest BCUT2D eigenvalue weighted by molar-refractivity contribution is 0.234. The molecule has 0 spiro atoms. The summed E-state index contributed by atoms with van der Waals surface area (Å²) in [4.78, 5) is 0. The Bertz CT molecular complexity index is 450. The van der Waals surface area contributed by atoms with Gasteiger partial charge in [0, 0.05) is 13.1 Å². The summed E-state index contributed by atoms with van der Waals surface area (Å²) in [5.41, 5.74) is 0. The predicted molar refractivity (Wildman–Crippen MR) is 63.9 cm³/mol. The first-order valence-electron chi connectivity index (χ1n) is 5.61. The molecule has 6 heteroatoms. The smallest absolute Gasteiger partial charge is 0.276 e. The lowest BCUT2D eigenvalue weighted by Crippen LogP contribution is -2.33. The molecule has 0 aliphatic heterocycles. The Morgan fingerprint density at radius 3 is 2.47 bits per heavy atom. The monoisotopic (exact) mass is 261 g/mol. The Morgan fingerprint density at radius 2 is 2.06 bits per heavy atom. The number of hydrogen-bond acceptors (Lipinski definition) is 4. The summed E-state index contributed by atoms with van der Waals surface area (Å²) in [6.07, 6.45) is 0. The van der Waals surface area contributed by atoms with Crippen LogP contribution in [0.1, 0.15) is 26.5 Å². The van der Waals surface area contributed by atoms with Crippen LogP contribution in [-0.4, -0.2) is 30.9 Å². The molecule has 0 fully saturated rings. The normalized spacial score (nSPS) is 12.6. The molecule has 1 rings (SSSR count). The standard InChI is InChI=1S/C11H19NO4S/c1-4-12(7-9(2)3)17(14,15)11-6-5-10(8-13)16-11/h5-6,9,13H,4,7-8H2,1-3H3. The number of aliphatic hydroxyl groups is 1. The van der Waals surface area contributed by atoms with Crippen molar-refractivity contribution in [1.29, 1.82) is 0 Å². The number of furan rings is 1. The molecule has 0 aliphatic carbocycles. The van der Waals surface area contributed by atoms with Crippen LogP contribution in [0.25, 0.3) is 0 Å². The summed E-state index contributed by atoms with van der Waals surface area (Å²) in [6.45, 7) is 6.25. The van der Waals surface area contributed by atoms with Gasteiger partial charge < -0.3 is 9.52 Å². The topological polar surface area (TPSA) is 70.8 Å². The van der Waals surface area contributed by atoms with Gasteiger partial charge in [-0.25, -0.2) is 8.42 Å². The SMILES string of the molecule is CCN(CC(C)C)S(=O)(=O)c1ccc(CO)o1. The third kappa shape index (κ3) is 3.31. The third-order valence-corrected chi connectivity index (χ3v) is 4.12. The van der Waals surface area contributed by atoms with Gasteiger partial charge in [0.2, 0.25) is 5.09 Å². The minimum Gasteiger partial charge on any atom is -0.446 e. The molecule has 17 heavy (non-hydrogen) atoms. The van der Waals surface area contributed by atoms with Crippen molar-refractivity contribution >= 4 is 10.0 Å². The van der Waals surface area contributed by atoms with Crippen LogP contribution in [0.4, 0.5) is 0 Å². The van der Waals surface area contributed by atoms with Crippen LogP contribution in [0.5, 0.6) is 0 Å². The molecule has 0 saturated heterocycles. The van der Waals surface area contributed by atoms with E-state index in [2.05, 4.69) is 0 Å². The molecule has 0 aliphatic rings. The molecule has 1 N–H and O–H groups in total. The Labute approximate surface area is 102 Å². The third-order valence-electron chi connectivity index (χ3n) is 2.31. The summed E-state index contributed by atoms with van der Waals surface area (Å²) in [6, 6.07) is 2.85. The number of rotatable bonds is 6. The van der Waals surface area contributed by atoms with Crippen molar-refractivity contribution in [3.63, 3.8) is 0 Å². The van der Waals surface area contributed by atoms with Crippen molar-refractivity contribution in [1.82, 2.24) is 4.31 Å². The molecular weight excluding hydrogens is 242 g/mol. The molecular formula is C11H19NO4S. The van der Waals surface area contributed by atoms with Gasteiger partial charge in [-0.2, -0.15) is 4.31 Å². The second-order valence-corrected chi connectivity index (χ2v) is 6.10. The minimum absolute atomic E-state index is 0.107. The van der Waals surface area contributed by atoms with Gasteiger partial charge in [0.25, 0.3) is 10.0 Å². The Balaban J connectivity index is 2.99. The predicted octanol–water partition coefficient (Wildman–Crippen LogP) is 1.44. The van der Waals surface area contributed by atoms with Crippen molar-refractivity contribution in [2.75, 3.05) is 13.1 Å². The molecule has 1 heterocycles. The molecule has 5 nitrogen and oxygen atoms in total. The number of aliphatic hydroxyl groups excluding tert-OH is 1. The van der Waals surface area contributed by atoms with E-state index in [9.17, 15) is 8.42 Å². The largest absolute Gasteiger partial charge is 0.446 e. The maximum atomic E-state index is 12.2. The van der Waals surface area contributed by atoms with Crippen LogP contribution in [-0.2, 0) is 16.6 Å². The van der Waals surface area contributed by atoms with Crippen molar-refractivity contribution in [3.8, 4) is 0 Å². The van der Waals surface area contributed by atoms with Gasteiger partial charge >= 0.3 is 0 Å². The first-order chi connectivity index (χ1) is 7.91. The molecule has 1 aromatic heterocycles. The van der Waals surface area contributed by atoms with Crippen LogP contribution >= 0.6 is 0 Å². The van der Waals surface area contributed by atoms with E-state index in [1.807, 2.05) is 13.8 Å². The van der Waals surface area contributed by atoms with Crippen LogP contribution < -0.4 is 0 Å². The first-order valence-corrected chi connectivity index (χ1v) is 7.05. The van der Waals surface area contributed by atoms with E-state index in [1.54, 1.807) is 6.92 Å². The van der Waals surface area contributed by atoms with E-state index in [0.29, 0.717) is 13.1 Å². The van der Waals surface area contributed by atoms with E-state index in [0.717, 1.165) is 0 Å². The molecule has 1 aromatic rings. The summed E-state index contributed by atoms with van der Waals surface area (Å²) >= 11 is 0. The number of hydrogen-bond donors (Lipinski definition) is 1. The quantitative estimate of drug-likeness (QED) is 0.841. The Hall–Kier alpha value is -0.850. The van der Waals surface area contributed by atoms with E-state index in [-0.39, 0.29) is 23.4 Å². The summed E-state index contributed by atoms with van der Waals surface area (Å²) in [5, 5.41) is 8.75. The second-order valence-electron chi connectivity index (χ2n) is 4.23. The van der Waals surface area contributed by atoms with Gasteiger partial charge in [-0.3, -0.25) is 0 Å². The molecule has 98 valence electrons. The minimum atomic E-state index is -3.58. The molecule has 0 atom stereocenters. The van der Waals surface area contributed by atoms with Crippen molar-refractivity contribution in [2.45, 2.75) is 32.5 Å². The van der Waals surface area contributed by atoms with E-state index >= 15 is 0 Å². The first kappa shape index (κ1) is 14.2. The Morgan fingerprint density at radius 1 is 1.41 bits per heavy atom. The zero-order valence-electron chi connectivity index (χ0n) is 10.4. The highest BCUT2D eigenvalue weighted by molar-refractivity contribution is 7.89. The molecule has 0 unspecified atom stereocenters. The summed E-state index contributed by atoms with van der Waals surface area (Å²) in [5.74, 6) is 0.501. The average molecular weight is 261 g/mol. The fraction of sp³-hybridized carbons (Fsp3) is 0.636. The average Bonchev–Trinajstić information content (AvgIpc) is 2.74. The van der Waals surface area contributed by atoms with Gasteiger partial charge in [-0.15, -0.1) is 0 Å². The van der Waals surface area contributed by atoms with Crippen LogP contribution in [0.15, 0.2) is 21.6 Å². The van der Waals surface area contributed by atoms with E-state index in [4.69, 9.17) is 9.52 Å². The van der Waals surface area contributed by atoms with Gasteiger partial charge in [0.1, 0.15) is 12.4 Å². The van der Waals surface area contributed by atoms with E-state index in [1.165, 1.54) is 16.4 Å². The second kappa shape index (κ2) is 5.66. The van der Waals surface area contributed by atoms with Gasteiger partial charge in [-0.1, -0.05) is 20.8 Å². The molecule has 0 aromatic carbocycles. The lowest BCUT2D eigenvalue weighted by Gasteiger charge is -2.20. The lowest BCUT2D eigenvalue weighted by atomic mass is 10.2. The van der Waals surface area contributed by atoms with Crippen LogP contribution in [0, 0.1) is 5.92 Å². The van der Waals surface area contributed by atoms with E-state index < -0.39 is 10.0 Å². The van der Waals surface area contributed by atoms with Crippen LogP contribution in [0.3, 0.4) is 0 Å². The summed E-state index contributed by atoms with van der Waals surface area (Å²) < 4.78 is 30.8. The number of sulfonamides is 1. The number of nitrogens with zero attached hydrogens (tertiary/aromatic N) is 1. The Kier molecular flexibility index (Phi) is 4.73. The van der Waals surface area contributed by atoms with Gasteiger partial charge in [0.05, 0.1) is 0 Å². The van der Waals surface area contributed by atoms with Crippen molar-refractivity contribution in [2.24, 2.45) is 5.92 Å².